The Hall–Kier alpha value is -1.25. The van der Waals surface area contributed by atoms with E-state index in [1.165, 1.54) is 19.2 Å². The molecule has 4 nitrogen and oxygen atoms in total. The van der Waals surface area contributed by atoms with E-state index in [2.05, 4.69) is 10.1 Å². The standard InChI is InChI=1S/C14H18F4N2O2.ClH/c1-21-13-3-2-10(22-14(16,17)18)8-11(13)12(9-15)20-6-4-19-5-7-20;/h2-3,8,12,19H,4-7,9H2,1H3;1H/t12-;/m0./s1. The molecule has 0 aromatic heterocycles. The minimum absolute atomic E-state index is 0. The van der Waals surface area contributed by atoms with Crippen molar-refractivity contribution < 1.29 is 27.0 Å². The molecule has 1 aromatic rings. The van der Waals surface area contributed by atoms with Crippen LogP contribution in [0.5, 0.6) is 11.5 Å². The second-order valence-corrected chi connectivity index (χ2v) is 4.91. The van der Waals surface area contributed by atoms with Gasteiger partial charge in [0.2, 0.25) is 0 Å². The predicted molar refractivity (Wildman–Crippen MR) is 80.1 cm³/mol. The summed E-state index contributed by atoms with van der Waals surface area (Å²) in [5.41, 5.74) is 0.355. The van der Waals surface area contributed by atoms with Gasteiger partial charge in [0.05, 0.1) is 13.2 Å². The molecule has 0 amide bonds. The Labute approximate surface area is 138 Å². The van der Waals surface area contributed by atoms with Gasteiger partial charge in [-0.05, 0) is 18.2 Å². The number of rotatable bonds is 5. The maximum absolute atomic E-state index is 13.5. The fraction of sp³-hybridized carbons (Fsp3) is 0.571. The first kappa shape index (κ1) is 19.8. The molecular weight excluding hydrogens is 340 g/mol. The largest absolute Gasteiger partial charge is 0.573 e. The average Bonchev–Trinajstić information content (AvgIpc) is 2.48. The summed E-state index contributed by atoms with van der Waals surface area (Å²) in [5.74, 6) is -0.0346. The summed E-state index contributed by atoms with van der Waals surface area (Å²) in [5, 5.41) is 3.15. The van der Waals surface area contributed by atoms with Crippen LogP contribution in [0.25, 0.3) is 0 Å². The van der Waals surface area contributed by atoms with Crippen LogP contribution in [0.3, 0.4) is 0 Å². The van der Waals surface area contributed by atoms with Crippen LogP contribution in [0, 0.1) is 0 Å². The van der Waals surface area contributed by atoms with Crippen LogP contribution in [0.2, 0.25) is 0 Å². The van der Waals surface area contributed by atoms with E-state index in [0.29, 0.717) is 37.5 Å². The van der Waals surface area contributed by atoms with Crippen molar-refractivity contribution in [1.29, 1.82) is 0 Å². The third kappa shape index (κ3) is 5.40. The molecule has 1 saturated heterocycles. The van der Waals surface area contributed by atoms with Gasteiger partial charge in [-0.3, -0.25) is 4.90 Å². The van der Waals surface area contributed by atoms with Crippen LogP contribution in [0.1, 0.15) is 11.6 Å². The van der Waals surface area contributed by atoms with Crippen LogP contribution in [0.15, 0.2) is 18.2 Å². The van der Waals surface area contributed by atoms with E-state index in [1.807, 2.05) is 4.90 Å². The molecule has 1 aliphatic rings. The highest BCUT2D eigenvalue weighted by Crippen LogP contribution is 2.35. The first-order chi connectivity index (χ1) is 10.4. The van der Waals surface area contributed by atoms with Crippen molar-refractivity contribution in [2.45, 2.75) is 12.4 Å². The number of methoxy groups -OCH3 is 1. The van der Waals surface area contributed by atoms with Crippen LogP contribution < -0.4 is 14.8 Å². The molecule has 1 aromatic carbocycles. The molecule has 9 heteroatoms. The Balaban J connectivity index is 0.00000264. The molecule has 2 rings (SSSR count). The van der Waals surface area contributed by atoms with Gasteiger partial charge >= 0.3 is 6.36 Å². The van der Waals surface area contributed by atoms with E-state index in [-0.39, 0.29) is 18.2 Å². The van der Waals surface area contributed by atoms with Gasteiger partial charge in [-0.25, -0.2) is 4.39 Å². The van der Waals surface area contributed by atoms with E-state index in [9.17, 15) is 17.6 Å². The third-order valence-electron chi connectivity index (χ3n) is 3.53. The first-order valence-electron chi connectivity index (χ1n) is 6.89. The van der Waals surface area contributed by atoms with Gasteiger partial charge in [0.1, 0.15) is 18.2 Å². The molecule has 132 valence electrons. The number of benzene rings is 1. The smallest absolute Gasteiger partial charge is 0.496 e. The van der Waals surface area contributed by atoms with E-state index in [4.69, 9.17) is 4.74 Å². The summed E-state index contributed by atoms with van der Waals surface area (Å²) in [6, 6.07) is 3.05. The fourth-order valence-electron chi connectivity index (χ4n) is 2.54. The summed E-state index contributed by atoms with van der Waals surface area (Å²) in [6.45, 7) is 1.92. The second-order valence-electron chi connectivity index (χ2n) is 4.91. The number of ether oxygens (including phenoxy) is 2. The van der Waals surface area contributed by atoms with Crippen molar-refractivity contribution in [3.8, 4) is 11.5 Å². The van der Waals surface area contributed by atoms with E-state index >= 15 is 0 Å². The van der Waals surface area contributed by atoms with Crippen LogP contribution in [-0.2, 0) is 0 Å². The average molecular weight is 359 g/mol. The Kier molecular flexibility index (Phi) is 7.37. The topological polar surface area (TPSA) is 33.7 Å². The zero-order chi connectivity index (χ0) is 16.2. The SMILES string of the molecule is COc1ccc(OC(F)(F)F)cc1[C@H](CF)N1CCNCC1.Cl. The van der Waals surface area contributed by atoms with E-state index in [0.717, 1.165) is 6.07 Å². The molecule has 0 aliphatic carbocycles. The second kappa shape index (κ2) is 8.56. The number of halogens is 5. The lowest BCUT2D eigenvalue weighted by atomic mass is 10.0. The van der Waals surface area contributed by atoms with Crippen molar-refractivity contribution >= 4 is 12.4 Å². The first-order valence-corrected chi connectivity index (χ1v) is 6.89. The zero-order valence-corrected chi connectivity index (χ0v) is 13.3. The number of hydrogen-bond donors (Lipinski definition) is 1. The van der Waals surface area contributed by atoms with Gasteiger partial charge < -0.3 is 14.8 Å². The lowest BCUT2D eigenvalue weighted by molar-refractivity contribution is -0.274. The van der Waals surface area contributed by atoms with E-state index < -0.39 is 19.1 Å². The van der Waals surface area contributed by atoms with Crippen LogP contribution in [0.4, 0.5) is 17.6 Å². The molecule has 0 bridgehead atoms. The minimum Gasteiger partial charge on any atom is -0.496 e. The van der Waals surface area contributed by atoms with Crippen molar-refractivity contribution in [2.75, 3.05) is 40.0 Å². The maximum Gasteiger partial charge on any atom is 0.573 e. The van der Waals surface area contributed by atoms with Gasteiger partial charge in [-0.2, -0.15) is 0 Å². The summed E-state index contributed by atoms with van der Waals surface area (Å²) >= 11 is 0. The third-order valence-corrected chi connectivity index (χ3v) is 3.53. The quantitative estimate of drug-likeness (QED) is 0.821. The normalized spacial score (nSPS) is 17.3. The lowest BCUT2D eigenvalue weighted by Gasteiger charge is -2.34. The molecule has 0 unspecified atom stereocenters. The van der Waals surface area contributed by atoms with Gasteiger partial charge in [0.15, 0.2) is 0 Å². The van der Waals surface area contributed by atoms with Crippen LogP contribution in [-0.4, -0.2) is 51.2 Å². The zero-order valence-electron chi connectivity index (χ0n) is 12.5. The Bertz CT molecular complexity index is 496. The molecule has 1 N–H and O–H groups in total. The summed E-state index contributed by atoms with van der Waals surface area (Å²) in [4.78, 5) is 1.88. The fourth-order valence-corrected chi connectivity index (χ4v) is 2.54. The molecule has 0 radical (unpaired) electrons. The van der Waals surface area contributed by atoms with Crippen molar-refractivity contribution in [2.24, 2.45) is 0 Å². The Morgan fingerprint density at radius 1 is 1.26 bits per heavy atom. The van der Waals surface area contributed by atoms with Crippen molar-refractivity contribution in [3.63, 3.8) is 0 Å². The van der Waals surface area contributed by atoms with Gasteiger partial charge in [0.25, 0.3) is 0 Å². The van der Waals surface area contributed by atoms with Crippen molar-refractivity contribution in [1.82, 2.24) is 10.2 Å². The number of alkyl halides is 4. The minimum atomic E-state index is -4.79. The predicted octanol–water partition coefficient (Wildman–Crippen LogP) is 2.93. The highest BCUT2D eigenvalue weighted by atomic mass is 35.5. The molecule has 1 atom stereocenters. The number of piperazine rings is 1. The van der Waals surface area contributed by atoms with Gasteiger partial charge in [0, 0.05) is 31.7 Å². The Morgan fingerprint density at radius 3 is 2.43 bits per heavy atom. The van der Waals surface area contributed by atoms with E-state index in [1.54, 1.807) is 0 Å². The van der Waals surface area contributed by atoms with Gasteiger partial charge in [-0.1, -0.05) is 0 Å². The van der Waals surface area contributed by atoms with Crippen molar-refractivity contribution in [3.05, 3.63) is 23.8 Å². The maximum atomic E-state index is 13.5. The number of nitrogens with one attached hydrogen (secondary N) is 1. The lowest BCUT2D eigenvalue weighted by Crippen LogP contribution is -2.45. The number of hydrogen-bond acceptors (Lipinski definition) is 4. The summed E-state index contributed by atoms with van der Waals surface area (Å²) in [7, 11) is 1.40. The molecule has 1 fully saturated rings. The monoisotopic (exact) mass is 358 g/mol. The molecule has 1 aliphatic heterocycles. The highest BCUT2D eigenvalue weighted by Gasteiger charge is 2.32. The Morgan fingerprint density at radius 2 is 1.91 bits per heavy atom. The van der Waals surface area contributed by atoms with Crippen LogP contribution >= 0.6 is 12.4 Å². The molecular formula is C14H19ClF4N2O2. The molecule has 23 heavy (non-hydrogen) atoms. The highest BCUT2D eigenvalue weighted by molar-refractivity contribution is 5.85. The number of nitrogens with zero attached hydrogens (tertiary/aromatic N) is 1. The molecule has 1 heterocycles. The molecule has 0 saturated carbocycles. The summed E-state index contributed by atoms with van der Waals surface area (Å²) < 4.78 is 59.6. The summed E-state index contributed by atoms with van der Waals surface area (Å²) in [6.07, 6.45) is -4.79. The van der Waals surface area contributed by atoms with Gasteiger partial charge in [-0.15, -0.1) is 25.6 Å². The molecule has 0 spiro atoms.